The quantitative estimate of drug-likeness (QED) is 0.855. The van der Waals surface area contributed by atoms with E-state index in [4.69, 9.17) is 9.47 Å². The molecule has 0 aliphatic carbocycles. The van der Waals surface area contributed by atoms with Gasteiger partial charge in [0.25, 0.3) is 0 Å². The molecule has 0 bridgehead atoms. The monoisotopic (exact) mass is 339 g/mol. The van der Waals surface area contributed by atoms with Gasteiger partial charge in [-0.25, -0.2) is 0 Å². The van der Waals surface area contributed by atoms with E-state index in [2.05, 4.69) is 45.1 Å². The van der Waals surface area contributed by atoms with Crippen LogP contribution in [0.15, 0.2) is 42.7 Å². The number of aromatic nitrogens is 1. The Labute approximate surface area is 149 Å². The Kier molecular flexibility index (Phi) is 5.25. The highest BCUT2D eigenvalue weighted by molar-refractivity contribution is 5.38. The van der Waals surface area contributed by atoms with Crippen LogP contribution in [0.3, 0.4) is 0 Å². The average molecular weight is 339 g/mol. The molecule has 2 aliphatic heterocycles. The van der Waals surface area contributed by atoms with Gasteiger partial charge in [-0.05, 0) is 35.4 Å². The van der Waals surface area contributed by atoms with Gasteiger partial charge < -0.3 is 9.47 Å². The van der Waals surface area contributed by atoms with Gasteiger partial charge in [-0.2, -0.15) is 0 Å². The summed E-state index contributed by atoms with van der Waals surface area (Å²) in [5.41, 5.74) is 3.94. The molecule has 4 rings (SSSR count). The lowest BCUT2D eigenvalue weighted by molar-refractivity contribution is 0.0342. The third-order valence-electron chi connectivity index (χ3n) is 4.85. The van der Waals surface area contributed by atoms with Crippen molar-refractivity contribution in [2.45, 2.75) is 19.6 Å². The molecule has 0 spiro atoms. The second kappa shape index (κ2) is 7.95. The third-order valence-corrected chi connectivity index (χ3v) is 4.85. The molecule has 1 aromatic carbocycles. The number of ether oxygens (including phenoxy) is 2. The van der Waals surface area contributed by atoms with Crippen LogP contribution in [-0.2, 0) is 24.4 Å². The second-order valence-electron chi connectivity index (χ2n) is 6.75. The maximum absolute atomic E-state index is 5.97. The van der Waals surface area contributed by atoms with E-state index in [9.17, 15) is 0 Å². The second-order valence-corrected chi connectivity index (χ2v) is 6.75. The van der Waals surface area contributed by atoms with E-state index in [1.807, 2.05) is 12.4 Å². The summed E-state index contributed by atoms with van der Waals surface area (Å²) in [7, 11) is 0. The molecule has 5 heteroatoms. The fraction of sp³-hybridized carbons (Fsp3) is 0.450. The molecule has 0 N–H and O–H groups in total. The topological polar surface area (TPSA) is 37.8 Å². The van der Waals surface area contributed by atoms with Gasteiger partial charge in [0, 0.05) is 57.2 Å². The van der Waals surface area contributed by atoms with E-state index < -0.39 is 0 Å². The summed E-state index contributed by atoms with van der Waals surface area (Å²) in [6.07, 6.45) is 3.72. The minimum absolute atomic E-state index is 0.737. The molecule has 2 aliphatic rings. The maximum Gasteiger partial charge on any atom is 0.123 e. The summed E-state index contributed by atoms with van der Waals surface area (Å²) in [6, 6.07) is 10.8. The Morgan fingerprint density at radius 1 is 0.840 bits per heavy atom. The van der Waals surface area contributed by atoms with E-state index in [1.165, 1.54) is 16.7 Å². The Bertz CT molecular complexity index is 687. The van der Waals surface area contributed by atoms with Crippen molar-refractivity contribution in [1.82, 2.24) is 14.8 Å². The number of hydrogen-bond acceptors (Lipinski definition) is 5. The molecular weight excluding hydrogens is 314 g/mol. The van der Waals surface area contributed by atoms with Gasteiger partial charge in [0.1, 0.15) is 12.4 Å². The number of nitrogens with zero attached hydrogens (tertiary/aromatic N) is 3. The lowest BCUT2D eigenvalue weighted by atomic mass is 10.1. The highest BCUT2D eigenvalue weighted by atomic mass is 16.5. The van der Waals surface area contributed by atoms with E-state index in [0.29, 0.717) is 0 Å². The normalized spacial score (nSPS) is 19.0. The van der Waals surface area contributed by atoms with Gasteiger partial charge in [-0.3, -0.25) is 14.8 Å². The number of benzene rings is 1. The van der Waals surface area contributed by atoms with Gasteiger partial charge in [-0.1, -0.05) is 6.07 Å². The van der Waals surface area contributed by atoms with Gasteiger partial charge in [-0.15, -0.1) is 0 Å². The van der Waals surface area contributed by atoms with Crippen LogP contribution in [0.25, 0.3) is 0 Å². The molecule has 5 nitrogen and oxygen atoms in total. The van der Waals surface area contributed by atoms with Crippen molar-refractivity contribution in [3.63, 3.8) is 0 Å². The average Bonchev–Trinajstić information content (AvgIpc) is 2.85. The minimum atomic E-state index is 0.737. The van der Waals surface area contributed by atoms with Crippen molar-refractivity contribution in [2.75, 3.05) is 39.5 Å². The molecule has 1 fully saturated rings. The number of fused-ring (bicyclic) bond motifs is 1. The van der Waals surface area contributed by atoms with Gasteiger partial charge in [0.2, 0.25) is 0 Å². The lowest BCUT2D eigenvalue weighted by Crippen LogP contribution is -2.35. The molecule has 2 aromatic rings. The van der Waals surface area contributed by atoms with Gasteiger partial charge in [0.15, 0.2) is 0 Å². The van der Waals surface area contributed by atoms with Crippen LogP contribution in [0.5, 0.6) is 5.75 Å². The predicted molar refractivity (Wildman–Crippen MR) is 96.4 cm³/mol. The molecule has 25 heavy (non-hydrogen) atoms. The zero-order valence-corrected chi connectivity index (χ0v) is 14.6. The summed E-state index contributed by atoms with van der Waals surface area (Å²) in [4.78, 5) is 9.00. The van der Waals surface area contributed by atoms with Gasteiger partial charge >= 0.3 is 0 Å². The van der Waals surface area contributed by atoms with Crippen LogP contribution in [0.1, 0.15) is 16.7 Å². The lowest BCUT2D eigenvalue weighted by Gasteiger charge is -2.27. The van der Waals surface area contributed by atoms with Crippen molar-refractivity contribution in [1.29, 1.82) is 0 Å². The van der Waals surface area contributed by atoms with Crippen LogP contribution in [0.2, 0.25) is 0 Å². The van der Waals surface area contributed by atoms with Crippen LogP contribution in [0, 0.1) is 0 Å². The molecular formula is C20H25N3O2. The first-order chi connectivity index (χ1) is 12.4. The number of rotatable bonds is 4. The van der Waals surface area contributed by atoms with Crippen molar-refractivity contribution >= 4 is 0 Å². The molecule has 0 amide bonds. The molecule has 0 atom stereocenters. The highest BCUT2D eigenvalue weighted by Gasteiger charge is 2.17. The standard InChI is InChI=1S/C20H25N3O2/c1-2-20-19(13-18(1)15-22-7-10-24-11-8-22)16-23(9-12-25-20)14-17-3-5-21-6-4-17/h1-6,13H,7-12,14-16H2. The first-order valence-electron chi connectivity index (χ1n) is 9.03. The molecule has 1 aromatic heterocycles. The maximum atomic E-state index is 5.97. The summed E-state index contributed by atoms with van der Waals surface area (Å²) >= 11 is 0. The zero-order chi connectivity index (χ0) is 16.9. The number of pyridine rings is 1. The van der Waals surface area contributed by atoms with Crippen LogP contribution < -0.4 is 4.74 Å². The van der Waals surface area contributed by atoms with Crippen molar-refractivity contribution in [3.8, 4) is 5.75 Å². The first kappa shape index (κ1) is 16.5. The van der Waals surface area contributed by atoms with Crippen LogP contribution in [0.4, 0.5) is 0 Å². The van der Waals surface area contributed by atoms with Crippen LogP contribution >= 0.6 is 0 Å². The van der Waals surface area contributed by atoms with Gasteiger partial charge in [0.05, 0.1) is 13.2 Å². The fourth-order valence-electron chi connectivity index (χ4n) is 3.50. The number of hydrogen-bond donors (Lipinski definition) is 0. The fourth-order valence-corrected chi connectivity index (χ4v) is 3.50. The van der Waals surface area contributed by atoms with Crippen molar-refractivity contribution < 1.29 is 9.47 Å². The van der Waals surface area contributed by atoms with E-state index >= 15 is 0 Å². The van der Waals surface area contributed by atoms with Crippen molar-refractivity contribution in [3.05, 3.63) is 59.4 Å². The highest BCUT2D eigenvalue weighted by Crippen LogP contribution is 2.26. The summed E-state index contributed by atoms with van der Waals surface area (Å²) in [6.45, 7) is 8.23. The van der Waals surface area contributed by atoms with Crippen LogP contribution in [-0.4, -0.2) is 54.2 Å². The Morgan fingerprint density at radius 3 is 2.44 bits per heavy atom. The molecule has 0 unspecified atom stereocenters. The molecule has 3 heterocycles. The molecule has 132 valence electrons. The molecule has 0 saturated carbocycles. The third kappa shape index (κ3) is 4.37. The Morgan fingerprint density at radius 2 is 1.60 bits per heavy atom. The van der Waals surface area contributed by atoms with Crippen molar-refractivity contribution in [2.24, 2.45) is 0 Å². The first-order valence-corrected chi connectivity index (χ1v) is 9.03. The number of morpholine rings is 1. The van der Waals surface area contributed by atoms with E-state index in [1.54, 1.807) is 0 Å². The van der Waals surface area contributed by atoms with E-state index in [0.717, 1.165) is 64.8 Å². The predicted octanol–water partition coefficient (Wildman–Crippen LogP) is 2.31. The Hall–Kier alpha value is -1.95. The smallest absolute Gasteiger partial charge is 0.123 e. The largest absolute Gasteiger partial charge is 0.492 e. The van der Waals surface area contributed by atoms with E-state index in [-0.39, 0.29) is 0 Å². The zero-order valence-electron chi connectivity index (χ0n) is 14.6. The summed E-state index contributed by atoms with van der Waals surface area (Å²) in [5.74, 6) is 1.03. The molecule has 0 radical (unpaired) electrons. The summed E-state index contributed by atoms with van der Waals surface area (Å²) < 4.78 is 11.4. The Balaban J connectivity index is 1.46. The summed E-state index contributed by atoms with van der Waals surface area (Å²) in [5, 5.41) is 0. The SMILES string of the molecule is c1cc(CN2CCOc3ccc(CN4CCOCC4)cc3C2)ccn1. The molecule has 1 saturated heterocycles. The minimum Gasteiger partial charge on any atom is -0.492 e.